The molecule has 0 saturated heterocycles. The Labute approximate surface area is 110 Å². The standard InChI is InChI=1S/C14H10ClFN2/c1-9-2-3-10(8-17)14(6-9)18-13-5-4-11(16)7-12(13)15/h2-7,18H,1H3. The summed E-state index contributed by atoms with van der Waals surface area (Å²) in [6, 6.07) is 11.6. The van der Waals surface area contributed by atoms with Gasteiger partial charge in [0.1, 0.15) is 11.9 Å². The maximum absolute atomic E-state index is 12.9. The zero-order chi connectivity index (χ0) is 13.1. The fourth-order valence-corrected chi connectivity index (χ4v) is 1.81. The fraction of sp³-hybridized carbons (Fsp3) is 0.0714. The molecular weight excluding hydrogens is 251 g/mol. The molecule has 0 spiro atoms. The van der Waals surface area contributed by atoms with Crippen molar-refractivity contribution in [2.24, 2.45) is 0 Å². The van der Waals surface area contributed by atoms with Crippen molar-refractivity contribution in [1.29, 1.82) is 5.26 Å². The zero-order valence-corrected chi connectivity index (χ0v) is 10.4. The lowest BCUT2D eigenvalue weighted by Gasteiger charge is -2.10. The lowest BCUT2D eigenvalue weighted by Crippen LogP contribution is -1.95. The second kappa shape index (κ2) is 5.07. The molecule has 2 aromatic carbocycles. The van der Waals surface area contributed by atoms with Crippen molar-refractivity contribution in [2.45, 2.75) is 6.92 Å². The van der Waals surface area contributed by atoms with Gasteiger partial charge in [0.25, 0.3) is 0 Å². The van der Waals surface area contributed by atoms with Gasteiger partial charge in [0.15, 0.2) is 0 Å². The molecule has 0 bridgehead atoms. The van der Waals surface area contributed by atoms with Gasteiger partial charge in [-0.3, -0.25) is 0 Å². The van der Waals surface area contributed by atoms with Crippen LogP contribution >= 0.6 is 11.6 Å². The highest BCUT2D eigenvalue weighted by Crippen LogP contribution is 2.28. The molecule has 0 aliphatic heterocycles. The molecule has 0 aliphatic carbocycles. The number of nitrogens with zero attached hydrogens (tertiary/aromatic N) is 1. The Hall–Kier alpha value is -2.05. The highest BCUT2D eigenvalue weighted by molar-refractivity contribution is 6.33. The van der Waals surface area contributed by atoms with Crippen molar-refractivity contribution in [3.63, 3.8) is 0 Å². The number of rotatable bonds is 2. The third kappa shape index (κ3) is 2.61. The smallest absolute Gasteiger partial charge is 0.124 e. The summed E-state index contributed by atoms with van der Waals surface area (Å²) < 4.78 is 12.9. The van der Waals surface area contributed by atoms with Gasteiger partial charge in [-0.25, -0.2) is 4.39 Å². The van der Waals surface area contributed by atoms with Crippen LogP contribution < -0.4 is 5.32 Å². The molecule has 2 nitrogen and oxygen atoms in total. The minimum atomic E-state index is -0.393. The summed E-state index contributed by atoms with van der Waals surface area (Å²) in [7, 11) is 0. The van der Waals surface area contributed by atoms with Crippen LogP contribution in [0.3, 0.4) is 0 Å². The van der Waals surface area contributed by atoms with Crippen molar-refractivity contribution in [3.05, 3.63) is 58.4 Å². The number of hydrogen-bond donors (Lipinski definition) is 1. The van der Waals surface area contributed by atoms with E-state index in [-0.39, 0.29) is 5.02 Å². The number of aryl methyl sites for hydroxylation is 1. The molecule has 1 N–H and O–H groups in total. The Kier molecular flexibility index (Phi) is 3.50. The average molecular weight is 261 g/mol. The Balaban J connectivity index is 2.40. The molecule has 0 fully saturated rings. The Morgan fingerprint density at radius 1 is 1.17 bits per heavy atom. The monoisotopic (exact) mass is 260 g/mol. The molecule has 0 unspecified atom stereocenters. The van der Waals surface area contributed by atoms with E-state index < -0.39 is 5.82 Å². The van der Waals surface area contributed by atoms with E-state index in [1.54, 1.807) is 12.1 Å². The fourth-order valence-electron chi connectivity index (χ4n) is 1.59. The van der Waals surface area contributed by atoms with E-state index in [0.717, 1.165) is 5.56 Å². The van der Waals surface area contributed by atoms with E-state index in [2.05, 4.69) is 11.4 Å². The van der Waals surface area contributed by atoms with Crippen molar-refractivity contribution in [2.75, 3.05) is 5.32 Å². The largest absolute Gasteiger partial charge is 0.353 e. The molecular formula is C14H10ClFN2. The molecule has 0 atom stereocenters. The van der Waals surface area contributed by atoms with E-state index in [1.807, 2.05) is 19.1 Å². The van der Waals surface area contributed by atoms with Gasteiger partial charge in [-0.1, -0.05) is 17.7 Å². The summed E-state index contributed by atoms with van der Waals surface area (Å²) in [5.74, 6) is -0.393. The first-order valence-electron chi connectivity index (χ1n) is 5.33. The summed E-state index contributed by atoms with van der Waals surface area (Å²) in [5, 5.41) is 12.3. The van der Waals surface area contributed by atoms with Gasteiger partial charge >= 0.3 is 0 Å². The Morgan fingerprint density at radius 2 is 1.94 bits per heavy atom. The van der Waals surface area contributed by atoms with Crippen LogP contribution in [0.25, 0.3) is 0 Å². The van der Waals surface area contributed by atoms with Crippen LogP contribution in [-0.4, -0.2) is 0 Å². The van der Waals surface area contributed by atoms with Gasteiger partial charge < -0.3 is 5.32 Å². The van der Waals surface area contributed by atoms with Gasteiger partial charge in [0.05, 0.1) is 22.0 Å². The predicted molar refractivity (Wildman–Crippen MR) is 70.6 cm³/mol. The average Bonchev–Trinajstić information content (AvgIpc) is 2.33. The summed E-state index contributed by atoms with van der Waals surface area (Å²) in [5.41, 5.74) is 2.77. The summed E-state index contributed by atoms with van der Waals surface area (Å²) in [4.78, 5) is 0. The van der Waals surface area contributed by atoms with Gasteiger partial charge in [0.2, 0.25) is 0 Å². The van der Waals surface area contributed by atoms with E-state index in [1.165, 1.54) is 12.1 Å². The molecule has 90 valence electrons. The first-order valence-corrected chi connectivity index (χ1v) is 5.71. The van der Waals surface area contributed by atoms with Crippen molar-refractivity contribution in [1.82, 2.24) is 0 Å². The van der Waals surface area contributed by atoms with E-state index >= 15 is 0 Å². The van der Waals surface area contributed by atoms with Crippen LogP contribution in [-0.2, 0) is 0 Å². The zero-order valence-electron chi connectivity index (χ0n) is 9.67. The van der Waals surface area contributed by atoms with Gasteiger partial charge in [-0.05, 0) is 42.8 Å². The van der Waals surface area contributed by atoms with Crippen LogP contribution in [0.5, 0.6) is 0 Å². The van der Waals surface area contributed by atoms with E-state index in [0.29, 0.717) is 16.9 Å². The van der Waals surface area contributed by atoms with Gasteiger partial charge in [-0.2, -0.15) is 5.26 Å². The molecule has 0 amide bonds. The quantitative estimate of drug-likeness (QED) is 0.869. The molecule has 0 aromatic heterocycles. The van der Waals surface area contributed by atoms with Gasteiger partial charge in [-0.15, -0.1) is 0 Å². The molecule has 0 heterocycles. The van der Waals surface area contributed by atoms with Gasteiger partial charge in [0, 0.05) is 0 Å². The van der Waals surface area contributed by atoms with Crippen LogP contribution in [0.15, 0.2) is 36.4 Å². The number of benzene rings is 2. The third-order valence-corrected chi connectivity index (χ3v) is 2.81. The maximum Gasteiger partial charge on any atom is 0.124 e. The number of nitriles is 1. The number of halogens is 2. The second-order valence-corrected chi connectivity index (χ2v) is 4.32. The molecule has 18 heavy (non-hydrogen) atoms. The van der Waals surface area contributed by atoms with Crippen molar-refractivity contribution in [3.8, 4) is 6.07 Å². The van der Waals surface area contributed by atoms with Crippen molar-refractivity contribution >= 4 is 23.0 Å². The van der Waals surface area contributed by atoms with Crippen molar-refractivity contribution < 1.29 is 4.39 Å². The van der Waals surface area contributed by atoms with E-state index in [4.69, 9.17) is 16.9 Å². The lowest BCUT2D eigenvalue weighted by molar-refractivity contribution is 0.628. The normalized spacial score (nSPS) is 9.89. The lowest BCUT2D eigenvalue weighted by atomic mass is 10.1. The first-order chi connectivity index (χ1) is 8.60. The summed E-state index contributed by atoms with van der Waals surface area (Å²) in [6.07, 6.45) is 0. The van der Waals surface area contributed by atoms with Crippen LogP contribution in [0.4, 0.5) is 15.8 Å². The Bertz CT molecular complexity index is 632. The van der Waals surface area contributed by atoms with Crippen LogP contribution in [0.2, 0.25) is 5.02 Å². The molecule has 2 aromatic rings. The predicted octanol–water partition coefficient (Wildman–Crippen LogP) is 4.40. The first kappa shape index (κ1) is 12.4. The highest BCUT2D eigenvalue weighted by Gasteiger charge is 2.06. The third-order valence-electron chi connectivity index (χ3n) is 2.50. The molecule has 0 radical (unpaired) electrons. The molecule has 2 rings (SSSR count). The minimum Gasteiger partial charge on any atom is -0.353 e. The SMILES string of the molecule is Cc1ccc(C#N)c(Nc2ccc(F)cc2Cl)c1. The number of hydrogen-bond acceptors (Lipinski definition) is 2. The molecule has 0 saturated carbocycles. The minimum absolute atomic E-state index is 0.278. The maximum atomic E-state index is 12.9. The molecule has 0 aliphatic rings. The number of anilines is 2. The van der Waals surface area contributed by atoms with Crippen LogP contribution in [0, 0.1) is 24.1 Å². The molecule has 4 heteroatoms. The topological polar surface area (TPSA) is 35.8 Å². The van der Waals surface area contributed by atoms with Crippen LogP contribution in [0.1, 0.15) is 11.1 Å². The highest BCUT2D eigenvalue weighted by atomic mass is 35.5. The Morgan fingerprint density at radius 3 is 2.61 bits per heavy atom. The number of nitrogens with one attached hydrogen (secondary N) is 1. The summed E-state index contributed by atoms with van der Waals surface area (Å²) >= 11 is 5.93. The van der Waals surface area contributed by atoms with E-state index in [9.17, 15) is 4.39 Å². The summed E-state index contributed by atoms with van der Waals surface area (Å²) in [6.45, 7) is 1.93. The second-order valence-electron chi connectivity index (χ2n) is 3.91.